The molecule has 74 valence electrons. The molecule has 1 heterocycles. The van der Waals surface area contributed by atoms with Gasteiger partial charge in [-0.3, -0.25) is 4.98 Å². The Kier molecular flexibility index (Phi) is 6.03. The van der Waals surface area contributed by atoms with E-state index < -0.39 is 10.7 Å². The number of nitrogens with zero attached hydrogens (tertiary/aromatic N) is 1. The Morgan fingerprint density at radius 1 is 1.31 bits per heavy atom. The van der Waals surface area contributed by atoms with Gasteiger partial charge in [0.25, 0.3) is 0 Å². The van der Waals surface area contributed by atoms with Gasteiger partial charge in [0.15, 0.2) is 0 Å². The molecule has 0 saturated carbocycles. The van der Waals surface area contributed by atoms with E-state index in [1.165, 1.54) is 6.20 Å². The number of hydrogen-bond donors (Lipinski definition) is 1. The Morgan fingerprint density at radius 3 is 2.46 bits per heavy atom. The average molecular weight is 242 g/mol. The first-order valence-electron chi connectivity index (χ1n) is 3.33. The maximum Gasteiger partial charge on any atom is 0.144 e. The van der Waals surface area contributed by atoms with Gasteiger partial charge in [0.1, 0.15) is 10.7 Å². The summed E-state index contributed by atoms with van der Waals surface area (Å²) in [5.41, 5.74) is 1.52. The minimum atomic E-state index is -2.38. The Morgan fingerprint density at radius 2 is 1.92 bits per heavy atom. The maximum atomic E-state index is 10.3. The minimum absolute atomic E-state index is 0. The summed E-state index contributed by atoms with van der Waals surface area (Å²) in [5, 5.41) is 0. The lowest BCUT2D eigenvalue weighted by Gasteiger charge is -1.96. The first-order valence-corrected chi connectivity index (χ1v) is 5.22. The highest BCUT2D eigenvalue weighted by Gasteiger charge is 1.96. The van der Waals surface area contributed by atoms with Crippen molar-refractivity contribution >= 4 is 34.7 Å². The lowest BCUT2D eigenvalue weighted by atomic mass is 10.2. The van der Waals surface area contributed by atoms with Crippen LogP contribution in [0.5, 0.6) is 0 Å². The zero-order valence-corrected chi connectivity index (χ0v) is 9.11. The van der Waals surface area contributed by atoms with E-state index in [9.17, 15) is 8.42 Å². The third kappa shape index (κ3) is 4.45. The lowest BCUT2D eigenvalue weighted by molar-refractivity contribution is 0.614. The van der Waals surface area contributed by atoms with Crippen LogP contribution in [0.15, 0.2) is 18.5 Å². The summed E-state index contributed by atoms with van der Waals surface area (Å²) in [6, 6.07) is 1.74. The maximum absolute atomic E-state index is 10.3. The Bertz CT molecular complexity index is 333. The van der Waals surface area contributed by atoms with Gasteiger partial charge in [0.2, 0.25) is 0 Å². The van der Waals surface area contributed by atoms with Crippen LogP contribution in [-0.2, 0) is 22.3 Å². The third-order valence-corrected chi connectivity index (χ3v) is 2.25. The van der Waals surface area contributed by atoms with Crippen molar-refractivity contribution in [2.45, 2.75) is 11.6 Å². The van der Waals surface area contributed by atoms with Gasteiger partial charge in [0, 0.05) is 18.3 Å². The van der Waals surface area contributed by atoms with E-state index in [4.69, 9.17) is 11.6 Å². The molecule has 0 aromatic carbocycles. The molecule has 0 saturated heterocycles. The fourth-order valence-electron chi connectivity index (χ4n) is 0.850. The summed E-state index contributed by atoms with van der Waals surface area (Å²) in [6.07, 6.45) is 3.15. The fraction of sp³-hybridized carbons (Fsp3) is 0.286. The minimum Gasteiger partial charge on any atom is -0.264 e. The molecular weight excluding hydrogens is 233 g/mol. The number of hydrogen-bond acceptors (Lipinski definition) is 3. The average Bonchev–Trinajstić information content (AvgIpc) is 2.03. The second-order valence-electron chi connectivity index (χ2n) is 2.33. The van der Waals surface area contributed by atoms with Crippen LogP contribution in [0.3, 0.4) is 0 Å². The van der Waals surface area contributed by atoms with E-state index in [1.54, 1.807) is 12.3 Å². The van der Waals surface area contributed by atoms with Gasteiger partial charge in [-0.05, 0) is 11.1 Å². The van der Waals surface area contributed by atoms with E-state index in [0.29, 0.717) is 11.4 Å². The van der Waals surface area contributed by atoms with Crippen molar-refractivity contribution in [1.82, 2.24) is 4.98 Å². The first kappa shape index (κ1) is 12.7. The van der Waals surface area contributed by atoms with Crippen LogP contribution in [0, 0.1) is 0 Å². The SMILES string of the molecule is Cl.O=[SH](=O)Cc1cncc(CCl)c1. The molecule has 13 heavy (non-hydrogen) atoms. The van der Waals surface area contributed by atoms with Crippen molar-refractivity contribution in [2.24, 2.45) is 0 Å². The van der Waals surface area contributed by atoms with Crippen molar-refractivity contribution in [3.63, 3.8) is 0 Å². The molecule has 3 nitrogen and oxygen atoms in total. The molecule has 1 rings (SSSR count). The van der Waals surface area contributed by atoms with Gasteiger partial charge >= 0.3 is 0 Å². The molecule has 0 atom stereocenters. The summed E-state index contributed by atoms with van der Waals surface area (Å²) in [6.45, 7) is 0. The van der Waals surface area contributed by atoms with Crippen LogP contribution in [0.4, 0.5) is 0 Å². The summed E-state index contributed by atoms with van der Waals surface area (Å²) < 4.78 is 20.7. The third-order valence-electron chi connectivity index (χ3n) is 1.32. The Labute approximate surface area is 89.5 Å². The van der Waals surface area contributed by atoms with Crippen molar-refractivity contribution in [2.75, 3.05) is 0 Å². The highest BCUT2D eigenvalue weighted by Crippen LogP contribution is 2.05. The molecule has 0 unspecified atom stereocenters. The molecule has 0 amide bonds. The van der Waals surface area contributed by atoms with E-state index in [2.05, 4.69) is 4.98 Å². The number of thiol groups is 1. The first-order chi connectivity index (χ1) is 5.72. The largest absolute Gasteiger partial charge is 0.264 e. The van der Waals surface area contributed by atoms with Crippen LogP contribution in [0.2, 0.25) is 0 Å². The zero-order valence-electron chi connectivity index (χ0n) is 6.64. The molecule has 1 aromatic rings. The fourth-order valence-corrected chi connectivity index (χ4v) is 1.47. The lowest BCUT2D eigenvalue weighted by Crippen LogP contribution is -1.90. The number of pyridine rings is 1. The number of alkyl halides is 1. The molecule has 0 aliphatic rings. The van der Waals surface area contributed by atoms with E-state index in [-0.39, 0.29) is 18.2 Å². The molecule has 0 N–H and O–H groups in total. The van der Waals surface area contributed by atoms with E-state index >= 15 is 0 Å². The molecule has 0 bridgehead atoms. The van der Waals surface area contributed by atoms with Crippen LogP contribution in [-0.4, -0.2) is 13.4 Å². The van der Waals surface area contributed by atoms with Crippen molar-refractivity contribution in [3.05, 3.63) is 29.6 Å². The van der Waals surface area contributed by atoms with Gasteiger partial charge < -0.3 is 0 Å². The summed E-state index contributed by atoms with van der Waals surface area (Å²) >= 11 is 5.54. The van der Waals surface area contributed by atoms with Crippen molar-refractivity contribution in [1.29, 1.82) is 0 Å². The summed E-state index contributed by atoms with van der Waals surface area (Å²) in [5.74, 6) is 0.392. The standard InChI is InChI=1S/C7H8ClNO2S.ClH/c8-2-6-1-7(4-9-3-6)5-12(10)11;/h1,3-4,12H,2,5H2;1H. The van der Waals surface area contributed by atoms with Gasteiger partial charge in [0.05, 0.1) is 5.75 Å². The van der Waals surface area contributed by atoms with Gasteiger partial charge in [-0.25, -0.2) is 8.42 Å². The van der Waals surface area contributed by atoms with Gasteiger partial charge in [-0.2, -0.15) is 0 Å². The Hall–Kier alpha value is -0.320. The zero-order chi connectivity index (χ0) is 8.97. The van der Waals surface area contributed by atoms with E-state index in [1.807, 2.05) is 0 Å². The monoisotopic (exact) mass is 241 g/mol. The van der Waals surface area contributed by atoms with Crippen LogP contribution >= 0.6 is 24.0 Å². The summed E-state index contributed by atoms with van der Waals surface area (Å²) in [4.78, 5) is 3.86. The number of halogens is 2. The van der Waals surface area contributed by atoms with Crippen LogP contribution in [0.25, 0.3) is 0 Å². The normalized spacial score (nSPS) is 9.69. The molecule has 0 radical (unpaired) electrons. The second-order valence-corrected chi connectivity index (χ2v) is 3.57. The molecule has 0 spiro atoms. The molecular formula is C7H9Cl2NO2S. The van der Waals surface area contributed by atoms with Crippen molar-refractivity contribution in [3.8, 4) is 0 Å². The van der Waals surface area contributed by atoms with Crippen LogP contribution in [0.1, 0.15) is 11.1 Å². The quantitative estimate of drug-likeness (QED) is 0.643. The molecule has 1 aromatic heterocycles. The topological polar surface area (TPSA) is 47.0 Å². The molecule has 6 heteroatoms. The number of aromatic nitrogens is 1. The highest BCUT2D eigenvalue weighted by molar-refractivity contribution is 7.71. The van der Waals surface area contributed by atoms with Gasteiger partial charge in [-0.1, -0.05) is 6.07 Å². The van der Waals surface area contributed by atoms with Crippen LogP contribution < -0.4 is 0 Å². The molecule has 0 aliphatic heterocycles. The highest BCUT2D eigenvalue weighted by atomic mass is 35.5. The predicted molar refractivity (Wildman–Crippen MR) is 55.1 cm³/mol. The second kappa shape index (κ2) is 6.18. The Balaban J connectivity index is 0.00000144. The predicted octanol–water partition coefficient (Wildman–Crippen LogP) is 1.35. The summed E-state index contributed by atoms with van der Waals surface area (Å²) in [7, 11) is -2.38. The smallest absolute Gasteiger partial charge is 0.144 e. The number of rotatable bonds is 3. The molecule has 0 fully saturated rings. The van der Waals surface area contributed by atoms with E-state index in [0.717, 1.165) is 5.56 Å². The van der Waals surface area contributed by atoms with Crippen molar-refractivity contribution < 1.29 is 8.42 Å². The van der Waals surface area contributed by atoms with Gasteiger partial charge in [-0.15, -0.1) is 24.0 Å². The molecule has 0 aliphatic carbocycles.